The van der Waals surface area contributed by atoms with E-state index < -0.39 is 0 Å². The number of benzene rings is 1. The van der Waals surface area contributed by atoms with Gasteiger partial charge in [0.05, 0.1) is 6.10 Å². The van der Waals surface area contributed by atoms with Crippen LogP contribution in [0.2, 0.25) is 0 Å². The van der Waals surface area contributed by atoms with E-state index in [-0.39, 0.29) is 11.9 Å². The number of rotatable bonds is 6. The molecule has 1 aromatic carbocycles. The maximum absolute atomic E-state index is 13.4. The summed E-state index contributed by atoms with van der Waals surface area (Å²) in [6.45, 7) is 0.893. The molecule has 1 saturated heterocycles. The lowest BCUT2D eigenvalue weighted by Gasteiger charge is -2.14. The van der Waals surface area contributed by atoms with Crippen LogP contribution in [0, 0.1) is 5.82 Å². The molecular formula is C14H20FNOS. The number of nitrogens with two attached hydrogens (primary N) is 1. The highest BCUT2D eigenvalue weighted by Crippen LogP contribution is 2.23. The van der Waals surface area contributed by atoms with E-state index in [1.165, 1.54) is 24.2 Å². The molecule has 1 aromatic rings. The van der Waals surface area contributed by atoms with Gasteiger partial charge in [0.1, 0.15) is 5.82 Å². The first-order valence-electron chi connectivity index (χ1n) is 6.50. The lowest BCUT2D eigenvalue weighted by molar-refractivity contribution is 0.101. The second-order valence-electron chi connectivity index (χ2n) is 4.71. The number of hydrogen-bond acceptors (Lipinski definition) is 3. The van der Waals surface area contributed by atoms with Crippen molar-refractivity contribution in [2.75, 3.05) is 12.4 Å². The molecule has 0 aromatic heterocycles. The van der Waals surface area contributed by atoms with Gasteiger partial charge in [-0.2, -0.15) is 0 Å². The molecule has 0 spiro atoms. The zero-order valence-electron chi connectivity index (χ0n) is 10.5. The molecule has 100 valence electrons. The number of halogens is 1. The third-order valence-corrected chi connectivity index (χ3v) is 4.41. The van der Waals surface area contributed by atoms with Gasteiger partial charge in [0, 0.05) is 23.3 Å². The standard InChI is InChI=1S/C14H20FNOS/c15-13-5-1-2-6-14(13)18-10-11(16)7-8-12-4-3-9-17-12/h1-2,5-6,11-12H,3-4,7-10,16H2. The number of ether oxygens (including phenoxy) is 1. The summed E-state index contributed by atoms with van der Waals surface area (Å²) in [6, 6.07) is 6.95. The maximum atomic E-state index is 13.4. The molecule has 0 aliphatic carbocycles. The van der Waals surface area contributed by atoms with Crippen LogP contribution < -0.4 is 5.73 Å². The monoisotopic (exact) mass is 269 g/mol. The predicted octanol–water partition coefficient (Wildman–Crippen LogP) is 3.20. The fourth-order valence-corrected chi connectivity index (χ4v) is 3.05. The van der Waals surface area contributed by atoms with Gasteiger partial charge in [-0.3, -0.25) is 0 Å². The third-order valence-electron chi connectivity index (χ3n) is 3.17. The van der Waals surface area contributed by atoms with Crippen molar-refractivity contribution >= 4 is 11.8 Å². The predicted molar refractivity (Wildman–Crippen MR) is 73.3 cm³/mol. The lowest BCUT2D eigenvalue weighted by atomic mass is 10.1. The molecule has 1 heterocycles. The van der Waals surface area contributed by atoms with Crippen LogP contribution in [0.3, 0.4) is 0 Å². The summed E-state index contributed by atoms with van der Waals surface area (Å²) in [4.78, 5) is 0.685. The molecule has 1 fully saturated rings. The topological polar surface area (TPSA) is 35.2 Å². The fraction of sp³-hybridized carbons (Fsp3) is 0.571. The Morgan fingerprint density at radius 1 is 1.44 bits per heavy atom. The summed E-state index contributed by atoms with van der Waals surface area (Å²) in [5.74, 6) is 0.599. The van der Waals surface area contributed by atoms with Gasteiger partial charge in [0.2, 0.25) is 0 Å². The van der Waals surface area contributed by atoms with Crippen LogP contribution in [0.4, 0.5) is 4.39 Å². The SMILES string of the molecule is NC(CCC1CCCO1)CSc1ccccc1F. The number of thioether (sulfide) groups is 1. The van der Waals surface area contributed by atoms with Crippen LogP contribution in [-0.4, -0.2) is 24.5 Å². The molecule has 0 amide bonds. The van der Waals surface area contributed by atoms with Crippen molar-refractivity contribution in [2.24, 2.45) is 5.73 Å². The first-order chi connectivity index (χ1) is 8.75. The quantitative estimate of drug-likeness (QED) is 0.805. The lowest BCUT2D eigenvalue weighted by Crippen LogP contribution is -2.24. The van der Waals surface area contributed by atoms with Crippen LogP contribution in [0.5, 0.6) is 0 Å². The number of hydrogen-bond donors (Lipinski definition) is 1. The Balaban J connectivity index is 1.68. The highest BCUT2D eigenvalue weighted by atomic mass is 32.2. The summed E-state index contributed by atoms with van der Waals surface area (Å²) in [5.41, 5.74) is 6.05. The summed E-state index contributed by atoms with van der Waals surface area (Å²) < 4.78 is 19.0. The Morgan fingerprint density at radius 3 is 3.00 bits per heavy atom. The van der Waals surface area contributed by atoms with Gasteiger partial charge in [-0.1, -0.05) is 12.1 Å². The fourth-order valence-electron chi connectivity index (χ4n) is 2.11. The zero-order chi connectivity index (χ0) is 12.8. The van der Waals surface area contributed by atoms with E-state index in [4.69, 9.17) is 10.5 Å². The van der Waals surface area contributed by atoms with E-state index in [1.807, 2.05) is 6.07 Å². The molecule has 4 heteroatoms. The van der Waals surface area contributed by atoms with E-state index in [0.29, 0.717) is 11.0 Å². The Bertz CT molecular complexity index is 369. The molecule has 1 aliphatic rings. The minimum atomic E-state index is -0.158. The molecule has 0 saturated carbocycles. The summed E-state index contributed by atoms with van der Waals surface area (Å²) in [6.07, 6.45) is 4.71. The molecule has 2 unspecified atom stereocenters. The Kier molecular flexibility index (Phi) is 5.47. The smallest absolute Gasteiger partial charge is 0.136 e. The Labute approximate surface area is 112 Å². The molecule has 0 bridgehead atoms. The largest absolute Gasteiger partial charge is 0.378 e. The van der Waals surface area contributed by atoms with Gasteiger partial charge >= 0.3 is 0 Å². The van der Waals surface area contributed by atoms with E-state index in [1.54, 1.807) is 12.1 Å². The molecule has 2 rings (SSSR count). The third kappa shape index (κ3) is 4.26. The minimum Gasteiger partial charge on any atom is -0.378 e. The summed E-state index contributed by atoms with van der Waals surface area (Å²) in [5, 5.41) is 0. The summed E-state index contributed by atoms with van der Waals surface area (Å²) >= 11 is 1.50. The van der Waals surface area contributed by atoms with Gasteiger partial charge in [0.25, 0.3) is 0 Å². The minimum absolute atomic E-state index is 0.110. The molecule has 0 radical (unpaired) electrons. The van der Waals surface area contributed by atoms with Gasteiger partial charge in [-0.05, 0) is 37.8 Å². The van der Waals surface area contributed by atoms with Crippen molar-refractivity contribution in [2.45, 2.75) is 42.7 Å². The summed E-state index contributed by atoms with van der Waals surface area (Å²) in [7, 11) is 0. The molecular weight excluding hydrogens is 249 g/mol. The van der Waals surface area contributed by atoms with Crippen molar-refractivity contribution in [3.05, 3.63) is 30.1 Å². The zero-order valence-corrected chi connectivity index (χ0v) is 11.3. The van der Waals surface area contributed by atoms with Crippen molar-refractivity contribution in [3.63, 3.8) is 0 Å². The maximum Gasteiger partial charge on any atom is 0.136 e. The molecule has 18 heavy (non-hydrogen) atoms. The molecule has 1 aliphatic heterocycles. The van der Waals surface area contributed by atoms with Crippen molar-refractivity contribution < 1.29 is 9.13 Å². The highest BCUT2D eigenvalue weighted by molar-refractivity contribution is 7.99. The van der Waals surface area contributed by atoms with Gasteiger partial charge in [0.15, 0.2) is 0 Å². The second-order valence-corrected chi connectivity index (χ2v) is 5.78. The van der Waals surface area contributed by atoms with Crippen molar-refractivity contribution in [1.82, 2.24) is 0 Å². The average molecular weight is 269 g/mol. The molecule has 2 atom stereocenters. The first-order valence-corrected chi connectivity index (χ1v) is 7.49. The van der Waals surface area contributed by atoms with E-state index in [9.17, 15) is 4.39 Å². The van der Waals surface area contributed by atoms with E-state index in [0.717, 1.165) is 31.6 Å². The Morgan fingerprint density at radius 2 is 2.28 bits per heavy atom. The van der Waals surface area contributed by atoms with Crippen LogP contribution in [-0.2, 0) is 4.74 Å². The molecule has 2 N–H and O–H groups in total. The Hall–Kier alpha value is -0.580. The first kappa shape index (κ1) is 13.8. The van der Waals surface area contributed by atoms with Crippen molar-refractivity contribution in [1.29, 1.82) is 0 Å². The van der Waals surface area contributed by atoms with Crippen LogP contribution in [0.25, 0.3) is 0 Å². The normalized spacial score (nSPS) is 21.1. The second kappa shape index (κ2) is 7.12. The van der Waals surface area contributed by atoms with Gasteiger partial charge in [-0.15, -0.1) is 11.8 Å². The van der Waals surface area contributed by atoms with Crippen LogP contribution in [0.15, 0.2) is 29.2 Å². The van der Waals surface area contributed by atoms with Gasteiger partial charge in [-0.25, -0.2) is 4.39 Å². The average Bonchev–Trinajstić information content (AvgIpc) is 2.88. The van der Waals surface area contributed by atoms with Crippen LogP contribution >= 0.6 is 11.8 Å². The highest BCUT2D eigenvalue weighted by Gasteiger charge is 2.16. The van der Waals surface area contributed by atoms with Crippen LogP contribution in [0.1, 0.15) is 25.7 Å². The van der Waals surface area contributed by atoms with Crippen molar-refractivity contribution in [3.8, 4) is 0 Å². The van der Waals surface area contributed by atoms with E-state index in [2.05, 4.69) is 0 Å². The molecule has 2 nitrogen and oxygen atoms in total. The van der Waals surface area contributed by atoms with E-state index >= 15 is 0 Å². The van der Waals surface area contributed by atoms with Gasteiger partial charge < -0.3 is 10.5 Å².